The molecule has 10 nitrogen and oxygen atoms in total. The predicted octanol–water partition coefficient (Wildman–Crippen LogP) is 0.512. The number of aromatic amines is 1. The first-order chi connectivity index (χ1) is 12.4. The molecule has 0 amide bonds. The van der Waals surface area contributed by atoms with E-state index in [2.05, 4.69) is 15.1 Å². The minimum absolute atomic E-state index is 0.139. The molecule has 0 aliphatic carbocycles. The highest BCUT2D eigenvalue weighted by atomic mass is 16.6. The number of esters is 1. The molecule has 3 atom stereocenters. The van der Waals surface area contributed by atoms with Gasteiger partial charge in [0.25, 0.3) is 5.56 Å². The normalized spacial score (nSPS) is 23.6. The third kappa shape index (κ3) is 3.53. The molecule has 0 saturated carbocycles. The molecular formula is C15H18N4O6. The van der Waals surface area contributed by atoms with Gasteiger partial charge in [-0.15, -0.1) is 0 Å². The molecule has 25 heavy (non-hydrogen) atoms. The Morgan fingerprint density at radius 2 is 2.36 bits per heavy atom. The number of carbonyl (C=O) groups excluding carboxylic acids is 1. The minimum Gasteiger partial charge on any atom is -0.481 e. The highest BCUT2D eigenvalue weighted by Gasteiger charge is 2.37. The van der Waals surface area contributed by atoms with Crippen molar-refractivity contribution in [2.75, 3.05) is 0 Å². The van der Waals surface area contributed by atoms with Gasteiger partial charge < -0.3 is 19.6 Å². The number of hydrogen-bond acceptors (Lipinski definition) is 7. The molecule has 0 radical (unpaired) electrons. The van der Waals surface area contributed by atoms with Crippen molar-refractivity contribution in [2.45, 2.75) is 51.5 Å². The van der Waals surface area contributed by atoms with Crippen molar-refractivity contribution >= 4 is 23.0 Å². The van der Waals surface area contributed by atoms with Gasteiger partial charge in [-0.3, -0.25) is 14.4 Å². The van der Waals surface area contributed by atoms with E-state index in [9.17, 15) is 14.4 Å². The first-order valence-electron chi connectivity index (χ1n) is 8.40. The summed E-state index contributed by atoms with van der Waals surface area (Å²) in [6, 6.07) is 0. The van der Waals surface area contributed by atoms with Gasteiger partial charge in [0.2, 0.25) is 0 Å². The Balaban J connectivity index is 1.78. The molecule has 2 aromatic heterocycles. The standard InChI is InChI=1S/C15H18N4O6/c1-7-10(25-13(22)4-3-12(20)21)5-11(24-7)19-14-9(6-16-19)15(23)18-8(2)17-14/h6-7,10-11H,3-5H2,1-2H3,(H,20,21)(H,17,18,23)/t7-,10?,11-/m1/s1/i1D. The molecule has 3 heterocycles. The van der Waals surface area contributed by atoms with Crippen molar-refractivity contribution in [3.8, 4) is 0 Å². The van der Waals surface area contributed by atoms with Crippen molar-refractivity contribution in [1.29, 1.82) is 0 Å². The fraction of sp³-hybridized carbons (Fsp3) is 0.533. The van der Waals surface area contributed by atoms with E-state index < -0.39 is 30.4 Å². The summed E-state index contributed by atoms with van der Waals surface area (Å²) < 4.78 is 20.0. The van der Waals surface area contributed by atoms with E-state index in [0.29, 0.717) is 16.9 Å². The Bertz CT molecular complexity index is 894. The molecule has 1 aliphatic rings. The number of aromatic nitrogens is 4. The lowest BCUT2D eigenvalue weighted by atomic mass is 10.2. The molecule has 2 N–H and O–H groups in total. The van der Waals surface area contributed by atoms with Gasteiger partial charge in [0.05, 0.1) is 25.1 Å². The summed E-state index contributed by atoms with van der Waals surface area (Å²) in [5.74, 6) is -1.32. The third-order valence-corrected chi connectivity index (χ3v) is 3.86. The Kier molecular flexibility index (Phi) is 4.18. The zero-order valence-corrected chi connectivity index (χ0v) is 13.5. The van der Waals surface area contributed by atoms with Crippen LogP contribution in [0.3, 0.4) is 0 Å². The summed E-state index contributed by atoms with van der Waals surface area (Å²) in [7, 11) is 0. The number of carboxylic acids is 1. The van der Waals surface area contributed by atoms with Crippen LogP contribution in [0.4, 0.5) is 0 Å². The van der Waals surface area contributed by atoms with E-state index in [1.165, 1.54) is 10.9 Å². The summed E-state index contributed by atoms with van der Waals surface area (Å²) >= 11 is 0. The second-order valence-corrected chi connectivity index (χ2v) is 5.76. The highest BCUT2D eigenvalue weighted by molar-refractivity contribution is 5.76. The summed E-state index contributed by atoms with van der Waals surface area (Å²) in [6.45, 7) is 1.51. The number of ether oxygens (including phenoxy) is 2. The molecule has 10 heteroatoms. The van der Waals surface area contributed by atoms with Crippen LogP contribution in [0.25, 0.3) is 11.0 Å². The highest BCUT2D eigenvalue weighted by Crippen LogP contribution is 2.31. The topological polar surface area (TPSA) is 136 Å². The van der Waals surface area contributed by atoms with E-state index in [-0.39, 0.29) is 31.7 Å². The van der Waals surface area contributed by atoms with Gasteiger partial charge in [0.15, 0.2) is 11.9 Å². The van der Waals surface area contributed by atoms with Gasteiger partial charge in [-0.05, 0) is 13.8 Å². The number of carboxylic acid groups (broad SMARTS) is 1. The number of hydrogen-bond donors (Lipinski definition) is 2. The number of nitrogens with one attached hydrogen (secondary N) is 1. The minimum atomic E-state index is -1.09. The van der Waals surface area contributed by atoms with Crippen molar-refractivity contribution in [3.63, 3.8) is 0 Å². The number of aryl methyl sites for hydroxylation is 1. The number of fused-ring (bicyclic) bond motifs is 1. The number of carbonyl (C=O) groups is 2. The van der Waals surface area contributed by atoms with E-state index in [0.717, 1.165) is 0 Å². The lowest BCUT2D eigenvalue weighted by Crippen LogP contribution is -2.24. The zero-order chi connectivity index (χ0) is 18.8. The third-order valence-electron chi connectivity index (χ3n) is 3.86. The molecule has 0 bridgehead atoms. The molecule has 0 aromatic carbocycles. The van der Waals surface area contributed by atoms with Crippen LogP contribution in [0.15, 0.2) is 11.0 Å². The predicted molar refractivity (Wildman–Crippen MR) is 83.8 cm³/mol. The maximum absolute atomic E-state index is 11.9. The Morgan fingerprint density at radius 1 is 1.56 bits per heavy atom. The van der Waals surface area contributed by atoms with Crippen LogP contribution < -0.4 is 5.56 Å². The molecule has 1 aliphatic heterocycles. The van der Waals surface area contributed by atoms with Gasteiger partial charge >= 0.3 is 11.9 Å². The summed E-state index contributed by atoms with van der Waals surface area (Å²) in [6.07, 6.45) is -0.969. The molecule has 3 rings (SSSR count). The van der Waals surface area contributed by atoms with Gasteiger partial charge in [-0.1, -0.05) is 0 Å². The van der Waals surface area contributed by atoms with E-state index >= 15 is 0 Å². The summed E-state index contributed by atoms with van der Waals surface area (Å²) in [5, 5.41) is 13.1. The first-order valence-corrected chi connectivity index (χ1v) is 7.69. The fourth-order valence-corrected chi connectivity index (χ4v) is 2.67. The molecule has 1 fully saturated rings. The maximum Gasteiger partial charge on any atom is 0.306 e. The molecule has 1 unspecified atom stereocenters. The quantitative estimate of drug-likeness (QED) is 0.744. The number of rotatable bonds is 5. The van der Waals surface area contributed by atoms with Crippen LogP contribution in [-0.4, -0.2) is 49.0 Å². The number of H-pyrrole nitrogens is 1. The fourth-order valence-electron chi connectivity index (χ4n) is 2.67. The zero-order valence-electron chi connectivity index (χ0n) is 14.5. The number of aliphatic carboxylic acids is 1. The van der Waals surface area contributed by atoms with Crippen LogP contribution in [0, 0.1) is 6.92 Å². The Morgan fingerprint density at radius 3 is 3.08 bits per heavy atom. The molecule has 0 spiro atoms. The van der Waals surface area contributed by atoms with Crippen LogP contribution in [-0.2, 0) is 19.1 Å². The smallest absolute Gasteiger partial charge is 0.306 e. The summed E-state index contributed by atoms with van der Waals surface area (Å²) in [5.41, 5.74) is 0.0308. The van der Waals surface area contributed by atoms with Crippen LogP contribution in [0.5, 0.6) is 0 Å². The van der Waals surface area contributed by atoms with Gasteiger partial charge in [-0.2, -0.15) is 5.10 Å². The molecular weight excluding hydrogens is 332 g/mol. The lowest BCUT2D eigenvalue weighted by molar-refractivity contribution is -0.154. The van der Waals surface area contributed by atoms with Crippen molar-refractivity contribution < 1.29 is 25.5 Å². The van der Waals surface area contributed by atoms with Crippen molar-refractivity contribution in [2.24, 2.45) is 0 Å². The lowest BCUT2D eigenvalue weighted by Gasteiger charge is -2.14. The number of nitrogens with zero attached hydrogens (tertiary/aromatic N) is 3. The van der Waals surface area contributed by atoms with Gasteiger partial charge in [-0.25, -0.2) is 9.67 Å². The van der Waals surface area contributed by atoms with E-state index in [4.69, 9.17) is 16.0 Å². The first kappa shape index (κ1) is 15.8. The molecule has 2 aromatic rings. The van der Waals surface area contributed by atoms with Crippen LogP contribution in [0.1, 0.15) is 39.6 Å². The average Bonchev–Trinajstić information content (AvgIpc) is 3.16. The largest absolute Gasteiger partial charge is 0.481 e. The average molecular weight is 351 g/mol. The van der Waals surface area contributed by atoms with Crippen LogP contribution >= 0.6 is 0 Å². The van der Waals surface area contributed by atoms with Crippen molar-refractivity contribution in [1.82, 2.24) is 19.7 Å². The Hall–Kier alpha value is -2.75. The maximum atomic E-state index is 11.9. The Labute approximate surface area is 143 Å². The SMILES string of the molecule is [2H]C[C@H]1O[C@@H](n2ncc3c(=O)[nH]c(C)nc32)CC1OC(=O)CCC(=O)O. The van der Waals surface area contributed by atoms with E-state index in [1.54, 1.807) is 6.92 Å². The van der Waals surface area contributed by atoms with Gasteiger partial charge in [0.1, 0.15) is 17.3 Å². The van der Waals surface area contributed by atoms with Gasteiger partial charge in [0, 0.05) is 7.79 Å². The second-order valence-electron chi connectivity index (χ2n) is 5.76. The second kappa shape index (κ2) is 6.63. The molecule has 1 saturated heterocycles. The van der Waals surface area contributed by atoms with Crippen LogP contribution in [0.2, 0.25) is 0 Å². The van der Waals surface area contributed by atoms with Crippen molar-refractivity contribution in [3.05, 3.63) is 22.4 Å². The monoisotopic (exact) mass is 351 g/mol. The van der Waals surface area contributed by atoms with E-state index in [1.807, 2.05) is 0 Å². The molecule has 134 valence electrons. The summed E-state index contributed by atoms with van der Waals surface area (Å²) in [4.78, 5) is 41.1.